The zero-order chi connectivity index (χ0) is 16.5. The molecule has 1 fully saturated rings. The summed E-state index contributed by atoms with van der Waals surface area (Å²) in [6, 6.07) is 17.7. The first-order valence-corrected chi connectivity index (χ1v) is 8.12. The van der Waals surface area contributed by atoms with E-state index in [-0.39, 0.29) is 11.9 Å². The Balaban J connectivity index is 1.90. The lowest BCUT2D eigenvalue weighted by Crippen LogP contribution is -2.41. The normalized spacial score (nSPS) is 17.3. The summed E-state index contributed by atoms with van der Waals surface area (Å²) in [5.41, 5.74) is 8.34. The summed E-state index contributed by atoms with van der Waals surface area (Å²) in [6.45, 7) is 0.750. The summed E-state index contributed by atoms with van der Waals surface area (Å²) in [6.07, 6.45) is 1.68. The number of aromatic nitrogens is 2. The van der Waals surface area contributed by atoms with Crippen molar-refractivity contribution in [2.45, 2.75) is 18.9 Å². The van der Waals surface area contributed by atoms with Crippen LogP contribution in [0.5, 0.6) is 0 Å². The fraction of sp³-hybridized carbons (Fsp3) is 0.211. The SMILES string of the molecule is NC(=O)[C@H]1CCCN1c1nc(-c2ccccc2)c2ccccc2n1. The number of nitrogens with two attached hydrogens (primary N) is 1. The highest BCUT2D eigenvalue weighted by atomic mass is 16.1. The molecule has 0 spiro atoms. The minimum Gasteiger partial charge on any atom is -0.368 e. The largest absolute Gasteiger partial charge is 0.368 e. The first kappa shape index (κ1) is 14.6. The molecule has 1 amide bonds. The van der Waals surface area contributed by atoms with Crippen molar-refractivity contribution in [3.63, 3.8) is 0 Å². The Labute approximate surface area is 140 Å². The van der Waals surface area contributed by atoms with Gasteiger partial charge >= 0.3 is 0 Å². The minimum atomic E-state index is -0.324. The smallest absolute Gasteiger partial charge is 0.240 e. The van der Waals surface area contributed by atoms with Gasteiger partial charge in [0, 0.05) is 17.5 Å². The molecule has 0 saturated carbocycles. The molecular weight excluding hydrogens is 300 g/mol. The third-order valence-corrected chi connectivity index (χ3v) is 4.48. The number of para-hydroxylation sites is 1. The van der Waals surface area contributed by atoms with E-state index in [4.69, 9.17) is 10.7 Å². The zero-order valence-corrected chi connectivity index (χ0v) is 13.2. The Morgan fingerprint density at radius 3 is 2.58 bits per heavy atom. The van der Waals surface area contributed by atoms with Crippen LogP contribution in [0, 0.1) is 0 Å². The Hall–Kier alpha value is -2.95. The second kappa shape index (κ2) is 5.92. The molecule has 3 aromatic rings. The third-order valence-electron chi connectivity index (χ3n) is 4.48. The van der Waals surface area contributed by atoms with Crippen molar-refractivity contribution in [1.82, 2.24) is 9.97 Å². The van der Waals surface area contributed by atoms with Gasteiger partial charge < -0.3 is 10.6 Å². The van der Waals surface area contributed by atoms with Crippen molar-refractivity contribution in [3.05, 3.63) is 54.6 Å². The monoisotopic (exact) mass is 318 g/mol. The number of nitrogens with zero attached hydrogens (tertiary/aromatic N) is 3. The van der Waals surface area contributed by atoms with E-state index in [0.29, 0.717) is 5.95 Å². The van der Waals surface area contributed by atoms with Crippen molar-refractivity contribution in [3.8, 4) is 11.3 Å². The first-order chi connectivity index (χ1) is 11.7. The number of amides is 1. The number of carbonyl (C=O) groups is 1. The number of primary amides is 1. The highest BCUT2D eigenvalue weighted by Crippen LogP contribution is 2.30. The molecule has 4 rings (SSSR count). The summed E-state index contributed by atoms with van der Waals surface area (Å²) in [4.78, 5) is 23.1. The van der Waals surface area contributed by atoms with Gasteiger partial charge in [0.15, 0.2) is 0 Å². The van der Waals surface area contributed by atoms with Gasteiger partial charge in [0.2, 0.25) is 11.9 Å². The van der Waals surface area contributed by atoms with Crippen LogP contribution in [0.2, 0.25) is 0 Å². The number of anilines is 1. The van der Waals surface area contributed by atoms with Crippen molar-refractivity contribution < 1.29 is 4.79 Å². The van der Waals surface area contributed by atoms with Crippen LogP contribution in [0.3, 0.4) is 0 Å². The summed E-state index contributed by atoms with van der Waals surface area (Å²) in [7, 11) is 0. The molecule has 1 aliphatic rings. The molecule has 0 unspecified atom stereocenters. The highest BCUT2D eigenvalue weighted by molar-refractivity contribution is 5.93. The lowest BCUT2D eigenvalue weighted by Gasteiger charge is -2.23. The maximum absolute atomic E-state index is 11.7. The van der Waals surface area contributed by atoms with Crippen LogP contribution >= 0.6 is 0 Å². The van der Waals surface area contributed by atoms with E-state index < -0.39 is 0 Å². The third kappa shape index (κ3) is 2.48. The second-order valence-electron chi connectivity index (χ2n) is 6.01. The molecular formula is C19H18N4O. The minimum absolute atomic E-state index is 0.314. The molecule has 1 aromatic heterocycles. The molecule has 2 heterocycles. The summed E-state index contributed by atoms with van der Waals surface area (Å²) in [5.74, 6) is 0.263. The molecule has 0 radical (unpaired) electrons. The fourth-order valence-corrected chi connectivity index (χ4v) is 3.31. The van der Waals surface area contributed by atoms with Crippen LogP contribution in [0.25, 0.3) is 22.2 Å². The van der Waals surface area contributed by atoms with Gasteiger partial charge in [-0.25, -0.2) is 9.97 Å². The van der Waals surface area contributed by atoms with Crippen LogP contribution in [0.1, 0.15) is 12.8 Å². The number of benzene rings is 2. The van der Waals surface area contributed by atoms with Gasteiger partial charge in [0.25, 0.3) is 0 Å². The predicted octanol–water partition coefficient (Wildman–Crippen LogP) is 2.75. The van der Waals surface area contributed by atoms with E-state index in [9.17, 15) is 4.79 Å². The van der Waals surface area contributed by atoms with E-state index >= 15 is 0 Å². The standard InChI is InChI=1S/C19H18N4O/c20-18(24)16-11-6-12-23(16)19-21-15-10-5-4-9-14(15)17(22-19)13-7-2-1-3-8-13/h1-5,7-10,16H,6,11-12H2,(H2,20,24)/t16-/m1/s1. The van der Waals surface area contributed by atoms with Gasteiger partial charge in [-0.1, -0.05) is 48.5 Å². The molecule has 1 atom stereocenters. The van der Waals surface area contributed by atoms with Crippen molar-refractivity contribution in [1.29, 1.82) is 0 Å². The predicted molar refractivity (Wildman–Crippen MR) is 94.5 cm³/mol. The molecule has 120 valence electrons. The number of rotatable bonds is 3. The second-order valence-corrected chi connectivity index (χ2v) is 6.01. The van der Waals surface area contributed by atoms with Gasteiger partial charge in [-0.15, -0.1) is 0 Å². The van der Waals surface area contributed by atoms with Crippen LogP contribution in [-0.4, -0.2) is 28.5 Å². The van der Waals surface area contributed by atoms with Crippen LogP contribution in [0.15, 0.2) is 54.6 Å². The molecule has 2 aromatic carbocycles. The Morgan fingerprint density at radius 1 is 1.04 bits per heavy atom. The van der Waals surface area contributed by atoms with E-state index in [0.717, 1.165) is 41.5 Å². The topological polar surface area (TPSA) is 72.1 Å². The van der Waals surface area contributed by atoms with Crippen molar-refractivity contribution in [2.75, 3.05) is 11.4 Å². The van der Waals surface area contributed by atoms with E-state index in [2.05, 4.69) is 4.98 Å². The molecule has 2 N–H and O–H groups in total. The Bertz CT molecular complexity index is 894. The Kier molecular flexibility index (Phi) is 3.61. The number of hydrogen-bond donors (Lipinski definition) is 1. The number of carbonyl (C=O) groups excluding carboxylic acids is 1. The van der Waals surface area contributed by atoms with E-state index in [1.54, 1.807) is 0 Å². The highest BCUT2D eigenvalue weighted by Gasteiger charge is 2.31. The quantitative estimate of drug-likeness (QED) is 0.806. The summed E-state index contributed by atoms with van der Waals surface area (Å²) in [5, 5.41) is 1.00. The number of hydrogen-bond acceptors (Lipinski definition) is 4. The van der Waals surface area contributed by atoms with Gasteiger partial charge in [-0.2, -0.15) is 0 Å². The van der Waals surface area contributed by atoms with Gasteiger partial charge in [-0.3, -0.25) is 4.79 Å². The number of fused-ring (bicyclic) bond motifs is 1. The average Bonchev–Trinajstić information content (AvgIpc) is 3.11. The van der Waals surface area contributed by atoms with Crippen LogP contribution in [0.4, 0.5) is 5.95 Å². The van der Waals surface area contributed by atoms with Crippen LogP contribution in [-0.2, 0) is 4.79 Å². The summed E-state index contributed by atoms with van der Waals surface area (Å²) >= 11 is 0. The maximum Gasteiger partial charge on any atom is 0.240 e. The molecule has 5 heteroatoms. The molecule has 1 aliphatic heterocycles. The van der Waals surface area contributed by atoms with Gasteiger partial charge in [0.1, 0.15) is 6.04 Å². The van der Waals surface area contributed by atoms with E-state index in [1.807, 2.05) is 59.5 Å². The lowest BCUT2D eigenvalue weighted by molar-refractivity contribution is -0.119. The summed E-state index contributed by atoms with van der Waals surface area (Å²) < 4.78 is 0. The van der Waals surface area contributed by atoms with Crippen LogP contribution < -0.4 is 10.6 Å². The van der Waals surface area contributed by atoms with Crippen molar-refractivity contribution >= 4 is 22.8 Å². The molecule has 1 saturated heterocycles. The first-order valence-electron chi connectivity index (χ1n) is 8.12. The van der Waals surface area contributed by atoms with Gasteiger partial charge in [-0.05, 0) is 18.9 Å². The zero-order valence-electron chi connectivity index (χ0n) is 13.2. The van der Waals surface area contributed by atoms with E-state index in [1.165, 1.54) is 0 Å². The average molecular weight is 318 g/mol. The molecule has 5 nitrogen and oxygen atoms in total. The lowest BCUT2D eigenvalue weighted by atomic mass is 10.1. The molecule has 24 heavy (non-hydrogen) atoms. The maximum atomic E-state index is 11.7. The van der Waals surface area contributed by atoms with Gasteiger partial charge in [0.05, 0.1) is 11.2 Å². The molecule has 0 bridgehead atoms. The molecule has 0 aliphatic carbocycles. The Morgan fingerprint density at radius 2 is 1.79 bits per heavy atom. The van der Waals surface area contributed by atoms with Crippen molar-refractivity contribution in [2.24, 2.45) is 5.73 Å². The fourth-order valence-electron chi connectivity index (χ4n) is 3.31.